The van der Waals surface area contributed by atoms with Gasteiger partial charge in [-0.1, -0.05) is 19.1 Å². The molecule has 28 heavy (non-hydrogen) atoms. The van der Waals surface area contributed by atoms with Gasteiger partial charge in [-0.3, -0.25) is 9.10 Å². The number of benzene rings is 2. The lowest BCUT2D eigenvalue weighted by atomic mass is 10.0. The SMILES string of the molecule is CC[C@@H](NC(=O)c1ccc(N(C)S(=O)(=O)CC)cc1)c1ccc(OC)c(C)c1. The Hall–Kier alpha value is -2.54. The maximum absolute atomic E-state index is 12.7. The summed E-state index contributed by atoms with van der Waals surface area (Å²) in [6.45, 7) is 5.58. The zero-order chi connectivity index (χ0) is 20.9. The molecule has 2 rings (SSSR count). The fourth-order valence-electron chi connectivity index (χ4n) is 2.96. The summed E-state index contributed by atoms with van der Waals surface area (Å²) in [4.78, 5) is 12.7. The van der Waals surface area contributed by atoms with Gasteiger partial charge in [-0.2, -0.15) is 0 Å². The van der Waals surface area contributed by atoms with E-state index in [0.29, 0.717) is 11.3 Å². The average molecular weight is 405 g/mol. The monoisotopic (exact) mass is 404 g/mol. The van der Waals surface area contributed by atoms with E-state index in [1.54, 1.807) is 38.3 Å². The van der Waals surface area contributed by atoms with Gasteiger partial charge in [0.25, 0.3) is 5.91 Å². The van der Waals surface area contributed by atoms with Gasteiger partial charge in [-0.15, -0.1) is 0 Å². The number of carbonyl (C=O) groups excluding carboxylic acids is 1. The lowest BCUT2D eigenvalue weighted by Gasteiger charge is -2.20. The third-order valence-corrected chi connectivity index (χ3v) is 6.58. The highest BCUT2D eigenvalue weighted by molar-refractivity contribution is 7.92. The summed E-state index contributed by atoms with van der Waals surface area (Å²) in [6, 6.07) is 12.3. The molecule has 1 amide bonds. The summed E-state index contributed by atoms with van der Waals surface area (Å²) in [5.74, 6) is 0.630. The molecule has 0 aliphatic rings. The number of amides is 1. The van der Waals surface area contributed by atoms with Crippen molar-refractivity contribution in [2.45, 2.75) is 33.2 Å². The minimum Gasteiger partial charge on any atom is -0.496 e. The highest BCUT2D eigenvalue weighted by Crippen LogP contribution is 2.25. The van der Waals surface area contributed by atoms with Crippen molar-refractivity contribution in [2.75, 3.05) is 24.2 Å². The fourth-order valence-corrected chi connectivity index (χ4v) is 3.79. The lowest BCUT2D eigenvalue weighted by Crippen LogP contribution is -2.29. The molecule has 0 radical (unpaired) electrons. The van der Waals surface area contributed by atoms with Crippen molar-refractivity contribution in [2.24, 2.45) is 0 Å². The van der Waals surface area contributed by atoms with Crippen molar-refractivity contribution in [3.8, 4) is 5.75 Å². The Balaban J connectivity index is 2.16. The number of sulfonamides is 1. The number of hydrogen-bond donors (Lipinski definition) is 1. The first-order valence-electron chi connectivity index (χ1n) is 9.25. The summed E-state index contributed by atoms with van der Waals surface area (Å²) in [6.07, 6.45) is 0.743. The smallest absolute Gasteiger partial charge is 0.251 e. The van der Waals surface area contributed by atoms with Crippen LogP contribution in [0.5, 0.6) is 5.75 Å². The number of nitrogens with one attached hydrogen (secondary N) is 1. The number of nitrogens with zero attached hydrogens (tertiary/aromatic N) is 1. The molecular weight excluding hydrogens is 376 g/mol. The molecule has 0 heterocycles. The zero-order valence-corrected chi connectivity index (χ0v) is 17.8. The Kier molecular flexibility index (Phi) is 7.07. The second kappa shape index (κ2) is 9.10. The Morgan fingerprint density at radius 1 is 1.14 bits per heavy atom. The summed E-state index contributed by atoms with van der Waals surface area (Å²) < 4.78 is 30.5. The summed E-state index contributed by atoms with van der Waals surface area (Å²) in [5.41, 5.74) is 3.03. The van der Waals surface area contributed by atoms with Crippen LogP contribution >= 0.6 is 0 Å². The van der Waals surface area contributed by atoms with E-state index in [9.17, 15) is 13.2 Å². The molecule has 7 heteroatoms. The molecule has 0 fully saturated rings. The van der Waals surface area contributed by atoms with Gasteiger partial charge >= 0.3 is 0 Å². The van der Waals surface area contributed by atoms with E-state index in [2.05, 4.69) is 5.32 Å². The van der Waals surface area contributed by atoms with E-state index in [0.717, 1.165) is 23.3 Å². The molecule has 0 bridgehead atoms. The quantitative estimate of drug-likeness (QED) is 0.728. The largest absolute Gasteiger partial charge is 0.496 e. The van der Waals surface area contributed by atoms with Crippen molar-refractivity contribution >= 4 is 21.6 Å². The van der Waals surface area contributed by atoms with Crippen molar-refractivity contribution in [1.82, 2.24) is 5.32 Å². The molecule has 2 aromatic rings. The number of anilines is 1. The van der Waals surface area contributed by atoms with Crippen LogP contribution in [0.4, 0.5) is 5.69 Å². The van der Waals surface area contributed by atoms with Crippen LogP contribution in [0.1, 0.15) is 47.8 Å². The van der Waals surface area contributed by atoms with Crippen LogP contribution in [-0.2, 0) is 10.0 Å². The Bertz CT molecular complexity index is 924. The van der Waals surface area contributed by atoms with Gasteiger partial charge in [0.15, 0.2) is 0 Å². The van der Waals surface area contributed by atoms with Crippen molar-refractivity contribution in [3.63, 3.8) is 0 Å². The van der Waals surface area contributed by atoms with Crippen LogP contribution in [0.25, 0.3) is 0 Å². The van der Waals surface area contributed by atoms with Gasteiger partial charge in [0, 0.05) is 12.6 Å². The van der Waals surface area contributed by atoms with E-state index >= 15 is 0 Å². The maximum Gasteiger partial charge on any atom is 0.251 e. The van der Waals surface area contributed by atoms with Crippen LogP contribution in [0, 0.1) is 6.92 Å². The predicted octanol–water partition coefficient (Wildman–Crippen LogP) is 3.67. The molecule has 1 atom stereocenters. The van der Waals surface area contributed by atoms with Gasteiger partial charge < -0.3 is 10.1 Å². The standard InChI is InChI=1S/C21H28N2O4S/c1-6-19(17-10-13-20(27-5)15(3)14-17)22-21(24)16-8-11-18(12-9-16)23(4)28(25,26)7-2/h8-14,19H,6-7H2,1-5H3,(H,22,24)/t19-/m1/s1. The molecule has 0 aliphatic heterocycles. The van der Waals surface area contributed by atoms with Crippen LogP contribution < -0.4 is 14.4 Å². The minimum atomic E-state index is -3.33. The molecule has 0 saturated carbocycles. The van der Waals surface area contributed by atoms with Gasteiger partial charge in [-0.05, 0) is 61.7 Å². The lowest BCUT2D eigenvalue weighted by molar-refractivity contribution is 0.0935. The van der Waals surface area contributed by atoms with Gasteiger partial charge in [0.1, 0.15) is 5.75 Å². The summed E-state index contributed by atoms with van der Waals surface area (Å²) in [7, 11) is -0.191. The molecule has 0 saturated heterocycles. The van der Waals surface area contributed by atoms with Crippen molar-refractivity contribution < 1.29 is 17.9 Å². The molecule has 0 spiro atoms. The Labute approximate surface area is 167 Å². The van der Waals surface area contributed by atoms with Crippen LogP contribution in [0.15, 0.2) is 42.5 Å². The zero-order valence-electron chi connectivity index (χ0n) is 17.0. The van der Waals surface area contributed by atoms with E-state index in [1.165, 1.54) is 11.4 Å². The van der Waals surface area contributed by atoms with E-state index in [-0.39, 0.29) is 17.7 Å². The van der Waals surface area contributed by atoms with E-state index in [4.69, 9.17) is 4.74 Å². The van der Waals surface area contributed by atoms with Crippen LogP contribution in [0.2, 0.25) is 0 Å². The summed E-state index contributed by atoms with van der Waals surface area (Å²) >= 11 is 0. The maximum atomic E-state index is 12.7. The second-order valence-corrected chi connectivity index (χ2v) is 8.87. The fraction of sp³-hybridized carbons (Fsp3) is 0.381. The molecule has 0 aromatic heterocycles. The first kappa shape index (κ1) is 21.8. The van der Waals surface area contributed by atoms with Gasteiger partial charge in [0.2, 0.25) is 10.0 Å². The molecule has 152 valence electrons. The topological polar surface area (TPSA) is 75.7 Å². The van der Waals surface area contributed by atoms with E-state index in [1.807, 2.05) is 32.0 Å². The third kappa shape index (κ3) is 4.84. The average Bonchev–Trinajstić information content (AvgIpc) is 2.71. The normalized spacial score (nSPS) is 12.3. The minimum absolute atomic E-state index is 0.0190. The highest BCUT2D eigenvalue weighted by Gasteiger charge is 2.18. The number of methoxy groups -OCH3 is 1. The van der Waals surface area contributed by atoms with Crippen molar-refractivity contribution in [1.29, 1.82) is 0 Å². The second-order valence-electron chi connectivity index (χ2n) is 6.58. The van der Waals surface area contributed by atoms with Crippen LogP contribution in [-0.4, -0.2) is 34.2 Å². The Morgan fingerprint density at radius 2 is 1.79 bits per heavy atom. The summed E-state index contributed by atoms with van der Waals surface area (Å²) in [5, 5.41) is 3.04. The molecule has 0 aliphatic carbocycles. The number of rotatable bonds is 8. The number of carbonyl (C=O) groups is 1. The first-order chi connectivity index (χ1) is 13.2. The van der Waals surface area contributed by atoms with Gasteiger partial charge in [-0.25, -0.2) is 8.42 Å². The molecule has 1 N–H and O–H groups in total. The Morgan fingerprint density at radius 3 is 2.29 bits per heavy atom. The molecule has 6 nitrogen and oxygen atoms in total. The first-order valence-corrected chi connectivity index (χ1v) is 10.9. The number of ether oxygens (including phenoxy) is 1. The highest BCUT2D eigenvalue weighted by atomic mass is 32.2. The molecular formula is C21H28N2O4S. The van der Waals surface area contributed by atoms with E-state index < -0.39 is 10.0 Å². The van der Waals surface area contributed by atoms with Crippen LogP contribution in [0.3, 0.4) is 0 Å². The van der Waals surface area contributed by atoms with Crippen molar-refractivity contribution in [3.05, 3.63) is 59.2 Å². The predicted molar refractivity (Wildman–Crippen MR) is 113 cm³/mol. The van der Waals surface area contributed by atoms with Gasteiger partial charge in [0.05, 0.1) is 24.6 Å². The number of aryl methyl sites for hydroxylation is 1. The molecule has 0 unspecified atom stereocenters. The molecule has 2 aromatic carbocycles. The third-order valence-electron chi connectivity index (χ3n) is 4.81. The number of hydrogen-bond acceptors (Lipinski definition) is 4.